The lowest BCUT2D eigenvalue weighted by molar-refractivity contribution is -0.131. The van der Waals surface area contributed by atoms with E-state index in [0.717, 1.165) is 43.0 Å². The van der Waals surface area contributed by atoms with Crippen LogP contribution in [0.3, 0.4) is 0 Å². The molecule has 0 radical (unpaired) electrons. The summed E-state index contributed by atoms with van der Waals surface area (Å²) in [6.45, 7) is 2.03. The van der Waals surface area contributed by atoms with Gasteiger partial charge in [-0.1, -0.05) is 38.3 Å². The molecule has 21 heavy (non-hydrogen) atoms. The first kappa shape index (κ1) is 15.3. The van der Waals surface area contributed by atoms with Crippen molar-refractivity contribution < 1.29 is 14.7 Å². The highest BCUT2D eigenvalue weighted by Gasteiger charge is 2.34. The lowest BCUT2D eigenvalue weighted by Crippen LogP contribution is -2.35. The summed E-state index contributed by atoms with van der Waals surface area (Å²) in [5.41, 5.74) is 1.28. The molecular formula is C17H21NO3. The lowest BCUT2D eigenvalue weighted by Gasteiger charge is -2.32. The van der Waals surface area contributed by atoms with Crippen molar-refractivity contribution in [1.82, 2.24) is 0 Å². The van der Waals surface area contributed by atoms with Crippen molar-refractivity contribution in [2.45, 2.75) is 39.0 Å². The summed E-state index contributed by atoms with van der Waals surface area (Å²) in [7, 11) is 0. The molecule has 0 spiro atoms. The number of hydrogen-bond donors (Lipinski definition) is 2. The van der Waals surface area contributed by atoms with E-state index in [9.17, 15) is 9.59 Å². The second kappa shape index (κ2) is 6.57. The summed E-state index contributed by atoms with van der Waals surface area (Å²) in [4.78, 5) is 22.8. The molecule has 0 unspecified atom stereocenters. The number of carboxylic acids is 1. The van der Waals surface area contributed by atoms with Crippen LogP contribution in [0.4, 0.5) is 5.69 Å². The van der Waals surface area contributed by atoms with Crippen LogP contribution >= 0.6 is 0 Å². The van der Waals surface area contributed by atoms with E-state index in [1.165, 1.54) is 12.5 Å². The van der Waals surface area contributed by atoms with Gasteiger partial charge in [0.2, 0.25) is 5.91 Å². The number of aliphatic carboxylic acids is 1. The molecule has 1 fully saturated rings. The van der Waals surface area contributed by atoms with Gasteiger partial charge in [0, 0.05) is 17.2 Å². The average molecular weight is 287 g/mol. The van der Waals surface area contributed by atoms with Gasteiger partial charge in [-0.3, -0.25) is 4.79 Å². The minimum atomic E-state index is -0.974. The van der Waals surface area contributed by atoms with E-state index in [1.54, 1.807) is 24.3 Å². The zero-order valence-electron chi connectivity index (χ0n) is 12.3. The normalized spacial score (nSPS) is 17.6. The van der Waals surface area contributed by atoms with E-state index in [1.807, 2.05) is 6.92 Å². The zero-order valence-corrected chi connectivity index (χ0v) is 12.3. The van der Waals surface area contributed by atoms with Crippen LogP contribution in [0.15, 0.2) is 30.3 Å². The summed E-state index contributed by atoms with van der Waals surface area (Å²) >= 11 is 0. The Hall–Kier alpha value is -2.10. The minimum absolute atomic E-state index is 0.0797. The Balaban J connectivity index is 1.99. The second-order valence-corrected chi connectivity index (χ2v) is 5.87. The molecule has 0 heterocycles. The number of carbonyl (C=O) groups excluding carboxylic acids is 1. The summed E-state index contributed by atoms with van der Waals surface area (Å²) in [6.07, 6.45) is 7.95. The number of benzene rings is 1. The molecule has 1 aromatic rings. The van der Waals surface area contributed by atoms with Crippen LogP contribution in [-0.4, -0.2) is 17.0 Å². The Morgan fingerprint density at radius 2 is 1.76 bits per heavy atom. The molecule has 0 bridgehead atoms. The smallest absolute Gasteiger partial charge is 0.328 e. The highest BCUT2D eigenvalue weighted by molar-refractivity contribution is 5.95. The van der Waals surface area contributed by atoms with E-state index in [-0.39, 0.29) is 11.3 Å². The number of amides is 1. The Labute approximate surface area is 124 Å². The molecule has 1 aliphatic rings. The maximum absolute atomic E-state index is 12.4. The Morgan fingerprint density at radius 3 is 2.33 bits per heavy atom. The van der Waals surface area contributed by atoms with E-state index in [4.69, 9.17) is 5.11 Å². The summed E-state index contributed by atoms with van der Waals surface area (Å²) < 4.78 is 0. The van der Waals surface area contributed by atoms with Crippen molar-refractivity contribution >= 4 is 23.6 Å². The van der Waals surface area contributed by atoms with Crippen molar-refractivity contribution in [1.29, 1.82) is 0 Å². The van der Waals surface area contributed by atoms with E-state index in [2.05, 4.69) is 5.32 Å². The number of carboxylic acid groups (broad SMARTS) is 1. The molecule has 4 nitrogen and oxygen atoms in total. The monoisotopic (exact) mass is 287 g/mol. The first-order valence-corrected chi connectivity index (χ1v) is 7.32. The van der Waals surface area contributed by atoms with Crippen LogP contribution in [0.25, 0.3) is 6.08 Å². The first-order valence-electron chi connectivity index (χ1n) is 7.32. The molecule has 1 saturated carbocycles. The van der Waals surface area contributed by atoms with Crippen LogP contribution < -0.4 is 5.32 Å². The second-order valence-electron chi connectivity index (χ2n) is 5.87. The van der Waals surface area contributed by atoms with Gasteiger partial charge < -0.3 is 10.4 Å². The van der Waals surface area contributed by atoms with Crippen molar-refractivity contribution in [3.8, 4) is 0 Å². The lowest BCUT2D eigenvalue weighted by atomic mass is 9.75. The van der Waals surface area contributed by atoms with Crippen molar-refractivity contribution in [3.63, 3.8) is 0 Å². The maximum Gasteiger partial charge on any atom is 0.328 e. The maximum atomic E-state index is 12.4. The van der Waals surface area contributed by atoms with E-state index >= 15 is 0 Å². The predicted molar refractivity (Wildman–Crippen MR) is 82.9 cm³/mol. The third-order valence-corrected chi connectivity index (χ3v) is 4.09. The summed E-state index contributed by atoms with van der Waals surface area (Å²) in [5, 5.41) is 11.5. The van der Waals surface area contributed by atoms with Gasteiger partial charge in [0.1, 0.15) is 0 Å². The molecule has 2 N–H and O–H groups in total. The molecule has 0 atom stereocenters. The van der Waals surface area contributed by atoms with Gasteiger partial charge in [0.05, 0.1) is 0 Å². The van der Waals surface area contributed by atoms with Crippen molar-refractivity contribution in [2.75, 3.05) is 5.32 Å². The average Bonchev–Trinajstić information content (AvgIpc) is 2.47. The minimum Gasteiger partial charge on any atom is -0.478 e. The van der Waals surface area contributed by atoms with Crippen LogP contribution in [-0.2, 0) is 9.59 Å². The summed E-state index contributed by atoms with van der Waals surface area (Å²) in [5.74, 6) is -0.895. The molecular weight excluding hydrogens is 266 g/mol. The fourth-order valence-electron chi connectivity index (χ4n) is 2.69. The zero-order chi connectivity index (χ0) is 15.3. The van der Waals surface area contributed by atoms with Gasteiger partial charge in [0.15, 0.2) is 0 Å². The number of nitrogens with one attached hydrogen (secondary N) is 1. The Kier molecular flexibility index (Phi) is 4.78. The van der Waals surface area contributed by atoms with Gasteiger partial charge in [-0.15, -0.1) is 0 Å². The third kappa shape index (κ3) is 4.18. The largest absolute Gasteiger partial charge is 0.478 e. The first-order chi connectivity index (χ1) is 9.99. The molecule has 1 aromatic carbocycles. The van der Waals surface area contributed by atoms with Crippen LogP contribution in [0.5, 0.6) is 0 Å². The standard InChI is InChI=1S/C17H21NO3/c1-17(11-3-2-4-12-17)16(21)18-14-8-5-13(6-9-14)7-10-15(19)20/h5-10H,2-4,11-12H2,1H3,(H,18,21)(H,19,20)/b10-7+. The van der Waals surface area contributed by atoms with Crippen molar-refractivity contribution in [2.24, 2.45) is 5.41 Å². The molecule has 1 amide bonds. The fourth-order valence-corrected chi connectivity index (χ4v) is 2.69. The highest BCUT2D eigenvalue weighted by Crippen LogP contribution is 2.36. The quantitative estimate of drug-likeness (QED) is 0.830. The van der Waals surface area contributed by atoms with Gasteiger partial charge in [0.25, 0.3) is 0 Å². The van der Waals surface area contributed by atoms with E-state index in [0.29, 0.717) is 0 Å². The van der Waals surface area contributed by atoms with Crippen LogP contribution in [0.1, 0.15) is 44.6 Å². The molecule has 0 aliphatic heterocycles. The molecule has 1 aliphatic carbocycles. The number of anilines is 1. The third-order valence-electron chi connectivity index (χ3n) is 4.09. The van der Waals surface area contributed by atoms with Gasteiger partial charge >= 0.3 is 5.97 Å². The Morgan fingerprint density at radius 1 is 1.14 bits per heavy atom. The SMILES string of the molecule is CC1(C(=O)Nc2ccc(/C=C/C(=O)O)cc2)CCCCC1. The predicted octanol–water partition coefficient (Wildman–Crippen LogP) is 3.69. The van der Waals surface area contributed by atoms with Gasteiger partial charge in [-0.25, -0.2) is 4.79 Å². The number of carbonyl (C=O) groups is 2. The highest BCUT2D eigenvalue weighted by atomic mass is 16.4. The van der Waals surface area contributed by atoms with Crippen molar-refractivity contribution in [3.05, 3.63) is 35.9 Å². The molecule has 0 saturated heterocycles. The van der Waals surface area contributed by atoms with Crippen LogP contribution in [0.2, 0.25) is 0 Å². The number of rotatable bonds is 4. The molecule has 112 valence electrons. The topological polar surface area (TPSA) is 66.4 Å². The molecule has 0 aromatic heterocycles. The number of hydrogen-bond acceptors (Lipinski definition) is 2. The molecule has 4 heteroatoms. The van der Waals surface area contributed by atoms with Gasteiger partial charge in [-0.05, 0) is 36.6 Å². The fraction of sp³-hybridized carbons (Fsp3) is 0.412. The Bertz CT molecular complexity index is 540. The molecule has 2 rings (SSSR count). The van der Waals surface area contributed by atoms with E-state index < -0.39 is 5.97 Å². The van der Waals surface area contributed by atoms with Crippen LogP contribution in [0, 0.1) is 5.41 Å². The summed E-state index contributed by atoms with van der Waals surface area (Å²) in [6, 6.07) is 7.17. The van der Waals surface area contributed by atoms with Gasteiger partial charge in [-0.2, -0.15) is 0 Å².